The Balaban J connectivity index is 1.41. The van der Waals surface area contributed by atoms with E-state index < -0.39 is 0 Å². The molecule has 1 aliphatic heterocycles. The summed E-state index contributed by atoms with van der Waals surface area (Å²) in [7, 11) is 0. The normalized spacial score (nSPS) is 17.6. The highest BCUT2D eigenvalue weighted by atomic mass is 19.1. The highest BCUT2D eigenvalue weighted by Gasteiger charge is 2.27. The van der Waals surface area contributed by atoms with Gasteiger partial charge in [-0.15, -0.1) is 10.2 Å². The van der Waals surface area contributed by atoms with Crippen molar-refractivity contribution in [2.45, 2.75) is 31.6 Å². The maximum absolute atomic E-state index is 13.0. The number of hydrogen-bond acceptors (Lipinski definition) is 3. The molecule has 1 amide bonds. The molecule has 3 heterocycles. The predicted molar refractivity (Wildman–Crippen MR) is 96.3 cm³/mol. The van der Waals surface area contributed by atoms with E-state index in [1.54, 1.807) is 12.1 Å². The average molecular weight is 352 g/mol. The second-order valence-corrected chi connectivity index (χ2v) is 6.79. The minimum Gasteiger partial charge on any atom is -0.342 e. The Hall–Kier alpha value is -2.76. The van der Waals surface area contributed by atoms with Gasteiger partial charge in [0.05, 0.1) is 0 Å². The SMILES string of the molecule is O=C(CCc1ccc(F)cc1)N1CCCC(c2nnc3ccccn23)C1. The number of carbonyl (C=O) groups is 1. The minimum absolute atomic E-state index is 0.146. The molecule has 0 spiro atoms. The van der Waals surface area contributed by atoms with E-state index in [4.69, 9.17) is 0 Å². The third kappa shape index (κ3) is 3.45. The Labute approximate surface area is 151 Å². The Bertz CT molecular complexity index is 906. The zero-order chi connectivity index (χ0) is 17.9. The quantitative estimate of drug-likeness (QED) is 0.724. The Morgan fingerprint density at radius 1 is 1.15 bits per heavy atom. The molecule has 0 bridgehead atoms. The van der Waals surface area contributed by atoms with Crippen molar-refractivity contribution in [3.63, 3.8) is 0 Å². The van der Waals surface area contributed by atoms with Crippen molar-refractivity contribution in [2.75, 3.05) is 13.1 Å². The number of hydrogen-bond donors (Lipinski definition) is 0. The molecule has 2 aromatic heterocycles. The summed E-state index contributed by atoms with van der Waals surface area (Å²) in [6.45, 7) is 1.47. The molecule has 0 aliphatic carbocycles. The van der Waals surface area contributed by atoms with Gasteiger partial charge >= 0.3 is 0 Å². The van der Waals surface area contributed by atoms with Crippen molar-refractivity contribution in [3.05, 3.63) is 65.9 Å². The second-order valence-electron chi connectivity index (χ2n) is 6.79. The molecule has 0 saturated carbocycles. The molecule has 1 aliphatic rings. The van der Waals surface area contributed by atoms with Gasteiger partial charge in [-0.2, -0.15) is 0 Å². The lowest BCUT2D eigenvalue weighted by Gasteiger charge is -2.32. The van der Waals surface area contributed by atoms with Crippen molar-refractivity contribution in [3.8, 4) is 0 Å². The summed E-state index contributed by atoms with van der Waals surface area (Å²) in [5, 5.41) is 8.58. The molecular weight excluding hydrogens is 331 g/mol. The van der Waals surface area contributed by atoms with Gasteiger partial charge in [0.2, 0.25) is 5.91 Å². The van der Waals surface area contributed by atoms with E-state index in [0.29, 0.717) is 19.4 Å². The zero-order valence-electron chi connectivity index (χ0n) is 14.5. The fourth-order valence-corrected chi connectivity index (χ4v) is 3.61. The van der Waals surface area contributed by atoms with E-state index in [1.807, 2.05) is 33.7 Å². The first-order valence-electron chi connectivity index (χ1n) is 9.02. The first-order chi connectivity index (χ1) is 12.7. The highest BCUT2D eigenvalue weighted by molar-refractivity contribution is 5.76. The molecule has 4 rings (SSSR count). The fourth-order valence-electron chi connectivity index (χ4n) is 3.61. The predicted octanol–water partition coefficient (Wildman–Crippen LogP) is 3.21. The highest BCUT2D eigenvalue weighted by Crippen LogP contribution is 2.26. The monoisotopic (exact) mass is 352 g/mol. The molecular formula is C20H21FN4O. The van der Waals surface area contributed by atoms with Crippen LogP contribution >= 0.6 is 0 Å². The lowest BCUT2D eigenvalue weighted by molar-refractivity contribution is -0.132. The molecule has 5 nitrogen and oxygen atoms in total. The standard InChI is InChI=1S/C20H21FN4O/c21-17-9-6-15(7-10-17)8-11-19(26)24-12-3-4-16(14-24)20-23-22-18-5-1-2-13-25(18)20/h1-2,5-7,9-10,13,16H,3-4,8,11-12,14H2. The summed E-state index contributed by atoms with van der Waals surface area (Å²) in [5.74, 6) is 1.03. The Kier molecular flexibility index (Phi) is 4.65. The molecule has 1 fully saturated rings. The molecule has 0 N–H and O–H groups in total. The smallest absolute Gasteiger partial charge is 0.222 e. The molecule has 1 saturated heterocycles. The first kappa shape index (κ1) is 16.7. The largest absolute Gasteiger partial charge is 0.342 e. The number of piperidine rings is 1. The molecule has 26 heavy (non-hydrogen) atoms. The van der Waals surface area contributed by atoms with E-state index in [1.165, 1.54) is 12.1 Å². The van der Waals surface area contributed by atoms with Gasteiger partial charge < -0.3 is 4.90 Å². The summed E-state index contributed by atoms with van der Waals surface area (Å²) in [4.78, 5) is 14.6. The number of amides is 1. The van der Waals surface area contributed by atoms with Crippen molar-refractivity contribution in [2.24, 2.45) is 0 Å². The number of likely N-dealkylation sites (tertiary alicyclic amines) is 1. The summed E-state index contributed by atoms with van der Waals surface area (Å²) in [6.07, 6.45) is 5.03. The molecule has 1 atom stereocenters. The van der Waals surface area contributed by atoms with Crippen molar-refractivity contribution in [1.82, 2.24) is 19.5 Å². The summed E-state index contributed by atoms with van der Waals surface area (Å²) in [5.41, 5.74) is 1.82. The van der Waals surface area contributed by atoms with Gasteiger partial charge in [0.25, 0.3) is 0 Å². The number of nitrogens with zero attached hydrogens (tertiary/aromatic N) is 4. The van der Waals surface area contributed by atoms with Gasteiger partial charge in [-0.05, 0) is 49.1 Å². The van der Waals surface area contributed by atoms with Crippen molar-refractivity contribution < 1.29 is 9.18 Å². The van der Waals surface area contributed by atoms with E-state index in [9.17, 15) is 9.18 Å². The third-order valence-corrected chi connectivity index (χ3v) is 5.02. The van der Waals surface area contributed by atoms with Crippen LogP contribution in [0.4, 0.5) is 4.39 Å². The second kappa shape index (κ2) is 7.23. The van der Waals surface area contributed by atoms with Gasteiger partial charge in [-0.25, -0.2) is 4.39 Å². The molecule has 3 aromatic rings. The van der Waals surface area contributed by atoms with Crippen LogP contribution in [0.3, 0.4) is 0 Å². The number of fused-ring (bicyclic) bond motifs is 1. The van der Waals surface area contributed by atoms with Crippen LogP contribution in [-0.4, -0.2) is 38.5 Å². The van der Waals surface area contributed by atoms with Gasteiger partial charge in [0.15, 0.2) is 5.65 Å². The Morgan fingerprint density at radius 2 is 2.00 bits per heavy atom. The van der Waals surface area contributed by atoms with E-state index in [-0.39, 0.29) is 17.6 Å². The maximum atomic E-state index is 13.0. The topological polar surface area (TPSA) is 50.5 Å². The van der Waals surface area contributed by atoms with Crippen LogP contribution in [0, 0.1) is 5.82 Å². The molecule has 0 radical (unpaired) electrons. The van der Waals surface area contributed by atoms with Crippen LogP contribution in [0.2, 0.25) is 0 Å². The van der Waals surface area contributed by atoms with Gasteiger partial charge in [0, 0.05) is 31.6 Å². The van der Waals surface area contributed by atoms with Gasteiger partial charge in [0.1, 0.15) is 11.6 Å². The van der Waals surface area contributed by atoms with Crippen molar-refractivity contribution >= 4 is 11.6 Å². The van der Waals surface area contributed by atoms with Crippen LogP contribution in [0.5, 0.6) is 0 Å². The maximum Gasteiger partial charge on any atom is 0.222 e. The number of halogens is 1. The minimum atomic E-state index is -0.250. The number of carbonyl (C=O) groups excluding carboxylic acids is 1. The number of aromatic nitrogens is 3. The van der Waals surface area contributed by atoms with E-state index in [2.05, 4.69) is 10.2 Å². The average Bonchev–Trinajstić information content (AvgIpc) is 3.11. The lowest BCUT2D eigenvalue weighted by atomic mass is 9.96. The number of rotatable bonds is 4. The molecule has 134 valence electrons. The number of benzene rings is 1. The van der Waals surface area contributed by atoms with Crippen LogP contribution in [0.25, 0.3) is 5.65 Å². The van der Waals surface area contributed by atoms with Crippen molar-refractivity contribution in [1.29, 1.82) is 0 Å². The van der Waals surface area contributed by atoms with Gasteiger partial charge in [-0.1, -0.05) is 18.2 Å². The van der Waals surface area contributed by atoms with Crippen LogP contribution in [0.15, 0.2) is 48.7 Å². The summed E-state index contributed by atoms with van der Waals surface area (Å²) in [6, 6.07) is 12.2. The first-order valence-corrected chi connectivity index (χ1v) is 9.02. The van der Waals surface area contributed by atoms with Crippen LogP contribution < -0.4 is 0 Å². The van der Waals surface area contributed by atoms with Crippen LogP contribution in [-0.2, 0) is 11.2 Å². The molecule has 1 aromatic carbocycles. The van der Waals surface area contributed by atoms with Gasteiger partial charge in [-0.3, -0.25) is 9.20 Å². The van der Waals surface area contributed by atoms with Crippen LogP contribution in [0.1, 0.15) is 36.6 Å². The zero-order valence-corrected chi connectivity index (χ0v) is 14.5. The number of pyridine rings is 1. The number of aryl methyl sites for hydroxylation is 1. The summed E-state index contributed by atoms with van der Waals surface area (Å²) >= 11 is 0. The Morgan fingerprint density at radius 3 is 2.85 bits per heavy atom. The van der Waals surface area contributed by atoms with E-state index in [0.717, 1.165) is 36.4 Å². The third-order valence-electron chi connectivity index (χ3n) is 5.02. The lowest BCUT2D eigenvalue weighted by Crippen LogP contribution is -2.39. The fraction of sp³-hybridized carbons (Fsp3) is 0.350. The summed E-state index contributed by atoms with van der Waals surface area (Å²) < 4.78 is 15.0. The van der Waals surface area contributed by atoms with E-state index >= 15 is 0 Å². The molecule has 1 unspecified atom stereocenters. The molecule has 6 heteroatoms.